The Labute approximate surface area is 190 Å². The molecule has 1 aromatic heterocycles. The highest BCUT2D eigenvalue weighted by Crippen LogP contribution is 2.28. The third-order valence-electron chi connectivity index (χ3n) is 5.78. The zero-order valence-corrected chi connectivity index (χ0v) is 19.4. The fourth-order valence-corrected chi connectivity index (χ4v) is 5.85. The summed E-state index contributed by atoms with van der Waals surface area (Å²) in [7, 11) is -3.72. The van der Waals surface area contributed by atoms with Crippen molar-refractivity contribution in [2.75, 3.05) is 13.1 Å². The number of carbonyl (C=O) groups is 1. The Morgan fingerprint density at radius 2 is 1.87 bits per heavy atom. The summed E-state index contributed by atoms with van der Waals surface area (Å²) in [6.45, 7) is 2.74. The van der Waals surface area contributed by atoms with Crippen LogP contribution in [0.4, 0.5) is 0 Å². The van der Waals surface area contributed by atoms with Gasteiger partial charge in [-0.2, -0.15) is 4.31 Å². The van der Waals surface area contributed by atoms with E-state index in [1.807, 2.05) is 30.3 Å². The summed E-state index contributed by atoms with van der Waals surface area (Å²) in [6, 6.07) is 13.0. The average molecular weight is 464 g/mol. The highest BCUT2D eigenvalue weighted by molar-refractivity contribution is 7.89. The molecule has 1 amide bonds. The number of hydrogen-bond acceptors (Lipinski definition) is 4. The number of halogens is 1. The molecular formula is C23H30ClN3O3S. The molecular weight excluding hydrogens is 434 g/mol. The van der Waals surface area contributed by atoms with Gasteiger partial charge in [-0.25, -0.2) is 13.4 Å². The van der Waals surface area contributed by atoms with Crippen LogP contribution in [0.15, 0.2) is 53.6 Å². The Balaban J connectivity index is 1.61. The SMILES string of the molecule is CCCCCC(NC(=O)C1CCN(S(=O)(=O)c2cccnc2Cl)CC1)c1ccccc1. The van der Waals surface area contributed by atoms with Gasteiger partial charge in [0.05, 0.1) is 6.04 Å². The number of sulfonamides is 1. The summed E-state index contributed by atoms with van der Waals surface area (Å²) in [5.74, 6) is -0.199. The number of nitrogens with one attached hydrogen (secondary N) is 1. The number of pyridine rings is 1. The number of unbranched alkanes of at least 4 members (excludes halogenated alkanes) is 2. The zero-order chi connectivity index (χ0) is 22.3. The van der Waals surface area contributed by atoms with Gasteiger partial charge in [0.25, 0.3) is 0 Å². The fraction of sp³-hybridized carbons (Fsp3) is 0.478. The summed E-state index contributed by atoms with van der Waals surface area (Å²) in [4.78, 5) is 16.9. The van der Waals surface area contributed by atoms with Gasteiger partial charge in [0.15, 0.2) is 0 Å². The van der Waals surface area contributed by atoms with Gasteiger partial charge in [-0.15, -0.1) is 0 Å². The monoisotopic (exact) mass is 463 g/mol. The third-order valence-corrected chi connectivity index (χ3v) is 8.13. The Morgan fingerprint density at radius 1 is 1.16 bits per heavy atom. The Bertz CT molecular complexity index is 961. The average Bonchev–Trinajstić information content (AvgIpc) is 2.79. The molecule has 6 nitrogen and oxygen atoms in total. The summed E-state index contributed by atoms with van der Waals surface area (Å²) >= 11 is 5.99. The molecule has 0 radical (unpaired) electrons. The van der Waals surface area contributed by atoms with Gasteiger partial charge >= 0.3 is 0 Å². The van der Waals surface area contributed by atoms with Crippen LogP contribution in [0.2, 0.25) is 5.15 Å². The van der Waals surface area contributed by atoms with E-state index in [4.69, 9.17) is 11.6 Å². The highest BCUT2D eigenvalue weighted by Gasteiger charge is 2.34. The maximum atomic E-state index is 13.0. The van der Waals surface area contributed by atoms with Crippen molar-refractivity contribution in [1.82, 2.24) is 14.6 Å². The molecule has 0 saturated carbocycles. The Morgan fingerprint density at radius 3 is 2.52 bits per heavy atom. The van der Waals surface area contributed by atoms with Crippen LogP contribution >= 0.6 is 11.6 Å². The standard InChI is InChI=1S/C23H30ClN3O3S/c1-2-3-5-11-20(18-9-6-4-7-10-18)26-23(28)19-13-16-27(17-14-19)31(29,30)21-12-8-15-25-22(21)24/h4,6-10,12,15,19-20H,2-3,5,11,13-14,16-17H2,1H3,(H,26,28). The largest absolute Gasteiger partial charge is 0.349 e. The van der Waals surface area contributed by atoms with E-state index in [2.05, 4.69) is 17.2 Å². The molecule has 1 aromatic carbocycles. The van der Waals surface area contributed by atoms with Crippen LogP contribution in [0.25, 0.3) is 0 Å². The van der Waals surface area contributed by atoms with Gasteiger partial charge in [0.1, 0.15) is 10.0 Å². The van der Waals surface area contributed by atoms with Crippen LogP contribution in [0.1, 0.15) is 57.1 Å². The first-order chi connectivity index (χ1) is 14.9. The minimum atomic E-state index is -3.72. The molecule has 31 heavy (non-hydrogen) atoms. The van der Waals surface area contributed by atoms with E-state index in [0.29, 0.717) is 12.8 Å². The minimum Gasteiger partial charge on any atom is -0.349 e. The summed E-state index contributed by atoms with van der Waals surface area (Å²) in [6.07, 6.45) is 6.64. The molecule has 1 aliphatic rings. The Kier molecular flexibility index (Phi) is 8.46. The van der Waals surface area contributed by atoms with Crippen molar-refractivity contribution in [2.24, 2.45) is 5.92 Å². The first-order valence-corrected chi connectivity index (χ1v) is 12.7. The molecule has 2 aromatic rings. The maximum absolute atomic E-state index is 13.0. The number of rotatable bonds is 9. The van der Waals surface area contributed by atoms with Crippen LogP contribution in [-0.4, -0.2) is 36.7 Å². The van der Waals surface area contributed by atoms with Crippen molar-refractivity contribution in [3.05, 3.63) is 59.4 Å². The second-order valence-corrected chi connectivity index (χ2v) is 10.2. The van der Waals surface area contributed by atoms with Gasteiger partial charge in [-0.3, -0.25) is 4.79 Å². The molecule has 2 heterocycles. The molecule has 0 aliphatic carbocycles. The molecule has 3 rings (SSSR count). The smallest absolute Gasteiger partial charge is 0.246 e. The molecule has 0 bridgehead atoms. The Hall–Kier alpha value is -1.96. The molecule has 1 saturated heterocycles. The van der Waals surface area contributed by atoms with Crippen LogP contribution in [0, 0.1) is 5.92 Å². The highest BCUT2D eigenvalue weighted by atomic mass is 35.5. The lowest BCUT2D eigenvalue weighted by atomic mass is 9.95. The van der Waals surface area contributed by atoms with Gasteiger partial charge in [-0.1, -0.05) is 68.1 Å². The van der Waals surface area contributed by atoms with Gasteiger partial charge in [0.2, 0.25) is 15.9 Å². The first kappa shape index (κ1) is 23.7. The summed E-state index contributed by atoms with van der Waals surface area (Å²) < 4.78 is 27.2. The van der Waals surface area contributed by atoms with E-state index in [0.717, 1.165) is 31.2 Å². The lowest BCUT2D eigenvalue weighted by molar-refractivity contribution is -0.127. The normalized spacial score (nSPS) is 16.7. The predicted octanol–water partition coefficient (Wildman–Crippen LogP) is 4.57. The minimum absolute atomic E-state index is 0.00168. The number of benzene rings is 1. The molecule has 1 atom stereocenters. The van der Waals surface area contributed by atoms with E-state index >= 15 is 0 Å². The van der Waals surface area contributed by atoms with E-state index in [-0.39, 0.29) is 41.0 Å². The summed E-state index contributed by atoms with van der Waals surface area (Å²) in [5.41, 5.74) is 1.11. The number of amides is 1. The van der Waals surface area contributed by atoms with Gasteiger partial charge in [-0.05, 0) is 37.0 Å². The van der Waals surface area contributed by atoms with Crippen molar-refractivity contribution in [3.8, 4) is 0 Å². The molecule has 1 unspecified atom stereocenters. The quantitative estimate of drug-likeness (QED) is 0.436. The number of carbonyl (C=O) groups excluding carboxylic acids is 1. The second kappa shape index (κ2) is 11.1. The van der Waals surface area contributed by atoms with Crippen molar-refractivity contribution in [1.29, 1.82) is 0 Å². The number of hydrogen-bond donors (Lipinski definition) is 1. The van der Waals surface area contributed by atoms with E-state index < -0.39 is 10.0 Å². The maximum Gasteiger partial charge on any atom is 0.246 e. The number of aromatic nitrogens is 1. The van der Waals surface area contributed by atoms with Crippen LogP contribution in [-0.2, 0) is 14.8 Å². The van der Waals surface area contributed by atoms with Gasteiger partial charge < -0.3 is 5.32 Å². The molecule has 1 N–H and O–H groups in total. The second-order valence-electron chi connectivity index (χ2n) is 7.94. The molecule has 168 valence electrons. The van der Waals surface area contributed by atoms with Crippen molar-refractivity contribution < 1.29 is 13.2 Å². The van der Waals surface area contributed by atoms with Crippen LogP contribution in [0.3, 0.4) is 0 Å². The lowest BCUT2D eigenvalue weighted by Gasteiger charge is -2.31. The predicted molar refractivity (Wildman–Crippen MR) is 122 cm³/mol. The van der Waals surface area contributed by atoms with Crippen molar-refractivity contribution >= 4 is 27.5 Å². The van der Waals surface area contributed by atoms with E-state index in [1.165, 1.54) is 16.6 Å². The lowest BCUT2D eigenvalue weighted by Crippen LogP contribution is -2.43. The van der Waals surface area contributed by atoms with Crippen molar-refractivity contribution in [2.45, 2.75) is 56.4 Å². The van der Waals surface area contributed by atoms with E-state index in [9.17, 15) is 13.2 Å². The fourth-order valence-electron chi connectivity index (χ4n) is 3.96. The molecule has 8 heteroatoms. The number of nitrogens with zero attached hydrogens (tertiary/aromatic N) is 2. The number of piperidine rings is 1. The van der Waals surface area contributed by atoms with Gasteiger partial charge in [0, 0.05) is 25.2 Å². The van der Waals surface area contributed by atoms with Crippen LogP contribution < -0.4 is 5.32 Å². The van der Waals surface area contributed by atoms with Crippen molar-refractivity contribution in [3.63, 3.8) is 0 Å². The topological polar surface area (TPSA) is 79.4 Å². The zero-order valence-electron chi connectivity index (χ0n) is 17.8. The van der Waals surface area contributed by atoms with E-state index in [1.54, 1.807) is 6.07 Å². The molecule has 0 spiro atoms. The first-order valence-electron chi connectivity index (χ1n) is 10.9. The summed E-state index contributed by atoms with van der Waals surface area (Å²) in [5, 5.41) is 3.19. The third kappa shape index (κ3) is 6.05. The molecule has 1 fully saturated rings. The molecule has 1 aliphatic heterocycles. The van der Waals surface area contributed by atoms with Crippen LogP contribution in [0.5, 0.6) is 0 Å².